The number of hydrogen-bond acceptors (Lipinski definition) is 1. The summed E-state index contributed by atoms with van der Waals surface area (Å²) in [7, 11) is 0. The molecule has 1 aliphatic rings. The van der Waals surface area contributed by atoms with Crippen LogP contribution in [0.4, 0.5) is 0 Å². The predicted molar refractivity (Wildman–Crippen MR) is 88.0 cm³/mol. The van der Waals surface area contributed by atoms with Crippen LogP contribution >= 0.6 is 0 Å². The van der Waals surface area contributed by atoms with Crippen molar-refractivity contribution in [1.82, 2.24) is 5.32 Å². The highest BCUT2D eigenvalue weighted by atomic mass is 15.1. The number of unbranched alkanes of at least 4 members (excludes halogenated alkanes) is 1. The van der Waals surface area contributed by atoms with Crippen molar-refractivity contribution in [2.24, 2.45) is 10.8 Å². The van der Waals surface area contributed by atoms with Crippen LogP contribution in [-0.4, -0.2) is 6.04 Å². The van der Waals surface area contributed by atoms with E-state index >= 15 is 0 Å². The van der Waals surface area contributed by atoms with Gasteiger partial charge in [-0.25, -0.2) is 0 Å². The minimum absolute atomic E-state index is 0.405. The van der Waals surface area contributed by atoms with Gasteiger partial charge in [-0.2, -0.15) is 0 Å². The van der Waals surface area contributed by atoms with Crippen LogP contribution in [0.25, 0.3) is 0 Å². The first-order valence-corrected chi connectivity index (χ1v) is 8.15. The van der Waals surface area contributed by atoms with E-state index in [-0.39, 0.29) is 0 Å². The molecule has 0 spiro atoms. The van der Waals surface area contributed by atoms with E-state index in [2.05, 4.69) is 71.1 Å². The second-order valence-corrected chi connectivity index (χ2v) is 7.61. The summed E-state index contributed by atoms with van der Waals surface area (Å²) in [5.41, 5.74) is 3.68. The van der Waals surface area contributed by atoms with Gasteiger partial charge in [-0.05, 0) is 41.7 Å². The molecule has 0 amide bonds. The van der Waals surface area contributed by atoms with Gasteiger partial charge in [0, 0.05) is 12.1 Å². The van der Waals surface area contributed by atoms with E-state index in [0.717, 1.165) is 0 Å². The Bertz CT molecular complexity index is 427. The lowest BCUT2D eigenvalue weighted by molar-refractivity contribution is 0.457. The monoisotopic (exact) mass is 273 g/mol. The molecule has 1 saturated carbocycles. The molecule has 1 unspecified atom stereocenters. The summed E-state index contributed by atoms with van der Waals surface area (Å²) in [6, 6.07) is 10.2. The third kappa shape index (κ3) is 2.79. The Balaban J connectivity index is 1.95. The normalized spacial score (nSPS) is 21.7. The average Bonchev–Trinajstić information content (AvgIpc) is 2.79. The highest BCUT2D eigenvalue weighted by molar-refractivity contribution is 5.26. The largest absolute Gasteiger partial charge is 0.306 e. The third-order valence-corrected chi connectivity index (χ3v) is 5.74. The Kier molecular flexibility index (Phi) is 4.30. The molecular formula is C19H31N. The average molecular weight is 273 g/mol. The van der Waals surface area contributed by atoms with Gasteiger partial charge in [0.15, 0.2) is 0 Å². The Morgan fingerprint density at radius 3 is 2.05 bits per heavy atom. The molecule has 0 aliphatic heterocycles. The summed E-state index contributed by atoms with van der Waals surface area (Å²) in [6.07, 6.45) is 3.77. The molecule has 0 saturated heterocycles. The third-order valence-electron chi connectivity index (χ3n) is 5.74. The standard InChI is InChI=1S/C19H31N/c1-7-8-9-15-10-12-16(13-11-15)14(2)20-17-18(3,4)19(17,5)6/h10-14,17,20H,7-9H2,1-6H3. The number of aryl methyl sites for hydroxylation is 1. The van der Waals surface area contributed by atoms with Crippen molar-refractivity contribution in [1.29, 1.82) is 0 Å². The smallest absolute Gasteiger partial charge is 0.0294 e. The van der Waals surface area contributed by atoms with E-state index in [1.165, 1.54) is 30.4 Å². The summed E-state index contributed by atoms with van der Waals surface area (Å²) in [5, 5.41) is 3.81. The van der Waals surface area contributed by atoms with E-state index < -0.39 is 0 Å². The maximum Gasteiger partial charge on any atom is 0.0294 e. The summed E-state index contributed by atoms with van der Waals surface area (Å²) in [5.74, 6) is 0. The van der Waals surface area contributed by atoms with Crippen LogP contribution in [0.2, 0.25) is 0 Å². The molecule has 1 nitrogen and oxygen atoms in total. The van der Waals surface area contributed by atoms with Crippen molar-refractivity contribution in [3.8, 4) is 0 Å². The lowest BCUT2D eigenvalue weighted by Crippen LogP contribution is -2.25. The minimum atomic E-state index is 0.405. The highest BCUT2D eigenvalue weighted by Gasteiger charge is 2.64. The molecule has 1 aromatic rings. The van der Waals surface area contributed by atoms with Crippen molar-refractivity contribution < 1.29 is 0 Å². The van der Waals surface area contributed by atoms with Gasteiger partial charge in [-0.1, -0.05) is 65.3 Å². The molecule has 0 radical (unpaired) electrons. The Labute approximate surface area is 125 Å². The topological polar surface area (TPSA) is 12.0 Å². The van der Waals surface area contributed by atoms with Gasteiger partial charge in [-0.15, -0.1) is 0 Å². The second-order valence-electron chi connectivity index (χ2n) is 7.61. The van der Waals surface area contributed by atoms with Gasteiger partial charge >= 0.3 is 0 Å². The number of benzene rings is 1. The van der Waals surface area contributed by atoms with Gasteiger partial charge in [-0.3, -0.25) is 0 Å². The molecule has 0 heterocycles. The zero-order valence-corrected chi connectivity index (χ0v) is 14.1. The van der Waals surface area contributed by atoms with Gasteiger partial charge < -0.3 is 5.32 Å². The second kappa shape index (κ2) is 5.52. The Morgan fingerprint density at radius 1 is 1.05 bits per heavy atom. The van der Waals surface area contributed by atoms with Gasteiger partial charge in [0.2, 0.25) is 0 Å². The van der Waals surface area contributed by atoms with E-state index in [9.17, 15) is 0 Å². The van der Waals surface area contributed by atoms with Crippen LogP contribution in [0.15, 0.2) is 24.3 Å². The fourth-order valence-electron chi connectivity index (χ4n) is 3.31. The van der Waals surface area contributed by atoms with E-state index in [4.69, 9.17) is 0 Å². The lowest BCUT2D eigenvalue weighted by Gasteiger charge is -2.16. The van der Waals surface area contributed by atoms with E-state index in [0.29, 0.717) is 22.9 Å². The van der Waals surface area contributed by atoms with Crippen LogP contribution in [0, 0.1) is 10.8 Å². The van der Waals surface area contributed by atoms with Crippen molar-refractivity contribution in [2.45, 2.75) is 72.9 Å². The first-order valence-electron chi connectivity index (χ1n) is 8.15. The molecule has 1 N–H and O–H groups in total. The maximum atomic E-state index is 3.81. The van der Waals surface area contributed by atoms with Crippen LogP contribution < -0.4 is 5.32 Å². The van der Waals surface area contributed by atoms with Gasteiger partial charge in [0.05, 0.1) is 0 Å². The van der Waals surface area contributed by atoms with Crippen LogP contribution in [0.1, 0.15) is 71.6 Å². The quantitative estimate of drug-likeness (QED) is 0.759. The zero-order valence-electron chi connectivity index (χ0n) is 14.1. The molecule has 1 fully saturated rings. The molecule has 112 valence electrons. The summed E-state index contributed by atoms with van der Waals surface area (Å²) >= 11 is 0. The number of rotatable bonds is 6. The minimum Gasteiger partial charge on any atom is -0.306 e. The molecular weight excluding hydrogens is 242 g/mol. The van der Waals surface area contributed by atoms with E-state index in [1.807, 2.05) is 0 Å². The molecule has 1 aliphatic carbocycles. The highest BCUT2D eigenvalue weighted by Crippen LogP contribution is 2.63. The Hall–Kier alpha value is -0.820. The molecule has 0 aromatic heterocycles. The summed E-state index contributed by atoms with van der Waals surface area (Å²) in [6.45, 7) is 14.0. The molecule has 2 rings (SSSR count). The molecule has 0 bridgehead atoms. The van der Waals surface area contributed by atoms with E-state index in [1.54, 1.807) is 0 Å². The summed E-state index contributed by atoms with van der Waals surface area (Å²) < 4.78 is 0. The SMILES string of the molecule is CCCCc1ccc(C(C)NC2C(C)(C)C2(C)C)cc1. The van der Waals surface area contributed by atoms with Gasteiger partial charge in [0.25, 0.3) is 0 Å². The fraction of sp³-hybridized carbons (Fsp3) is 0.684. The zero-order chi connectivity index (χ0) is 15.0. The predicted octanol–water partition coefficient (Wildman–Crippen LogP) is 5.11. The first kappa shape index (κ1) is 15.6. The molecule has 1 atom stereocenters. The summed E-state index contributed by atoms with van der Waals surface area (Å²) in [4.78, 5) is 0. The van der Waals surface area contributed by atoms with Crippen molar-refractivity contribution in [2.75, 3.05) is 0 Å². The van der Waals surface area contributed by atoms with Crippen molar-refractivity contribution in [3.05, 3.63) is 35.4 Å². The molecule has 1 heteroatoms. The lowest BCUT2D eigenvalue weighted by atomic mass is 10.0. The first-order chi connectivity index (χ1) is 9.30. The van der Waals surface area contributed by atoms with Gasteiger partial charge in [0.1, 0.15) is 0 Å². The van der Waals surface area contributed by atoms with Crippen molar-refractivity contribution in [3.63, 3.8) is 0 Å². The molecule has 20 heavy (non-hydrogen) atoms. The van der Waals surface area contributed by atoms with Crippen LogP contribution in [-0.2, 0) is 6.42 Å². The number of hydrogen-bond donors (Lipinski definition) is 1. The van der Waals surface area contributed by atoms with Crippen LogP contribution in [0.3, 0.4) is 0 Å². The van der Waals surface area contributed by atoms with Crippen LogP contribution in [0.5, 0.6) is 0 Å². The molecule has 1 aromatic carbocycles. The Morgan fingerprint density at radius 2 is 1.60 bits per heavy atom. The maximum absolute atomic E-state index is 3.81. The fourth-order valence-corrected chi connectivity index (χ4v) is 3.31. The van der Waals surface area contributed by atoms with Crippen molar-refractivity contribution >= 4 is 0 Å². The number of nitrogens with one attached hydrogen (secondary N) is 1.